The van der Waals surface area contributed by atoms with Crippen molar-refractivity contribution in [2.45, 2.75) is 76.0 Å². The van der Waals surface area contributed by atoms with Gasteiger partial charge in [-0.2, -0.15) is 15.1 Å². The van der Waals surface area contributed by atoms with Gasteiger partial charge in [-0.3, -0.25) is 5.10 Å². The average molecular weight is 450 g/mol. The Hall–Kier alpha value is -3.14. The maximum Gasteiger partial charge on any atom is 0.229 e. The van der Waals surface area contributed by atoms with Gasteiger partial charge in [0.05, 0.1) is 12.2 Å². The second-order valence-electron chi connectivity index (χ2n) is 9.82. The molecular weight excluding hydrogens is 418 g/mol. The van der Waals surface area contributed by atoms with Gasteiger partial charge in [0.25, 0.3) is 0 Å². The van der Waals surface area contributed by atoms with Gasteiger partial charge in [0.2, 0.25) is 5.95 Å². The fraction of sp³-hybridized carbons (Fsp3) is 0.565. The van der Waals surface area contributed by atoms with Crippen LogP contribution in [0.25, 0.3) is 0 Å². The molecule has 6 rings (SSSR count). The summed E-state index contributed by atoms with van der Waals surface area (Å²) in [5, 5.41) is 14.9. The Morgan fingerprint density at radius 2 is 1.91 bits per heavy atom. The lowest BCUT2D eigenvalue weighted by Gasteiger charge is -2.41. The predicted octanol–water partition coefficient (Wildman–Crippen LogP) is 3.33. The van der Waals surface area contributed by atoms with E-state index in [1.54, 1.807) is 6.07 Å². The molecule has 3 aromatic rings. The van der Waals surface area contributed by atoms with Crippen molar-refractivity contribution in [3.05, 3.63) is 35.3 Å². The van der Waals surface area contributed by atoms with Gasteiger partial charge in [-0.05, 0) is 52.5 Å². The van der Waals surface area contributed by atoms with Crippen LogP contribution in [0.2, 0.25) is 0 Å². The molecule has 2 unspecified atom stereocenters. The molecule has 10 nitrogen and oxygen atoms in total. The smallest absolute Gasteiger partial charge is 0.229 e. The van der Waals surface area contributed by atoms with E-state index >= 15 is 0 Å². The highest BCUT2D eigenvalue weighted by Gasteiger charge is 2.41. The lowest BCUT2D eigenvalue weighted by molar-refractivity contribution is 0.157. The number of piperidine rings is 1. The third-order valence-electron chi connectivity index (χ3n) is 7.38. The first-order chi connectivity index (χ1) is 16.0. The van der Waals surface area contributed by atoms with Crippen molar-refractivity contribution in [2.75, 3.05) is 23.0 Å². The number of anilines is 4. The summed E-state index contributed by atoms with van der Waals surface area (Å²) in [6.07, 6.45) is 7.10. The number of fused-ring (bicyclic) bond motifs is 2. The zero-order valence-corrected chi connectivity index (χ0v) is 19.2. The Labute approximate surface area is 192 Å². The fourth-order valence-corrected chi connectivity index (χ4v) is 5.44. The maximum absolute atomic E-state index is 6.24. The van der Waals surface area contributed by atoms with Crippen molar-refractivity contribution < 1.29 is 4.52 Å². The number of rotatable bonds is 7. The van der Waals surface area contributed by atoms with E-state index in [0.717, 1.165) is 30.1 Å². The van der Waals surface area contributed by atoms with Crippen LogP contribution in [-0.2, 0) is 6.54 Å². The summed E-state index contributed by atoms with van der Waals surface area (Å²) in [7, 11) is 2.25. The van der Waals surface area contributed by atoms with Gasteiger partial charge in [-0.25, -0.2) is 0 Å². The van der Waals surface area contributed by atoms with E-state index in [-0.39, 0.29) is 0 Å². The molecule has 2 aliphatic heterocycles. The molecule has 33 heavy (non-hydrogen) atoms. The molecule has 10 heteroatoms. The highest BCUT2D eigenvalue weighted by atomic mass is 16.5. The molecule has 2 bridgehead atoms. The number of hydrogen-bond acceptors (Lipinski definition) is 9. The number of aromatic nitrogens is 5. The van der Waals surface area contributed by atoms with Crippen LogP contribution in [0.3, 0.4) is 0 Å². The topological polar surface area (TPSA) is 125 Å². The van der Waals surface area contributed by atoms with Gasteiger partial charge in [-0.1, -0.05) is 5.16 Å². The first kappa shape index (κ1) is 20.5. The minimum atomic E-state index is 0.311. The van der Waals surface area contributed by atoms with Crippen molar-refractivity contribution in [1.29, 1.82) is 0 Å². The molecule has 3 aromatic heterocycles. The highest BCUT2D eigenvalue weighted by Crippen LogP contribution is 2.40. The summed E-state index contributed by atoms with van der Waals surface area (Å²) in [4.78, 5) is 14.3. The van der Waals surface area contributed by atoms with E-state index in [9.17, 15) is 0 Å². The third kappa shape index (κ3) is 4.15. The molecule has 0 aromatic carbocycles. The predicted molar refractivity (Wildman–Crippen MR) is 125 cm³/mol. The zero-order valence-electron chi connectivity index (χ0n) is 19.2. The van der Waals surface area contributed by atoms with Crippen LogP contribution in [0.4, 0.5) is 23.4 Å². The standard InChI is InChI=1S/C23H31N9O/c1-13-7-18(33-30-13)12-32(17-8-15-5-6-16(9-17)31(15)2)23-25-20(24)11-21(27-23)26-22-10-19(28-29-22)14-3-4-14/h7,10-11,14-17H,3-6,8-9,12H2,1-2H3,(H4,24,25,26,27,28,29). The van der Waals surface area contributed by atoms with Crippen molar-refractivity contribution in [1.82, 2.24) is 30.2 Å². The second-order valence-corrected chi connectivity index (χ2v) is 9.82. The van der Waals surface area contributed by atoms with Crippen LogP contribution in [-0.4, -0.2) is 55.4 Å². The van der Waals surface area contributed by atoms with Gasteiger partial charge in [-0.15, -0.1) is 0 Å². The van der Waals surface area contributed by atoms with E-state index < -0.39 is 0 Å². The SMILES string of the molecule is Cc1cc(CN(c2nc(N)cc(Nc3cc(C4CC4)[nH]n3)n2)C2CC3CCC(C2)N3C)on1. The molecular formula is C23H31N9O. The molecule has 2 saturated heterocycles. The van der Waals surface area contributed by atoms with Crippen LogP contribution < -0.4 is 16.0 Å². The van der Waals surface area contributed by atoms with Gasteiger partial charge in [0, 0.05) is 47.9 Å². The molecule has 5 heterocycles. The number of nitrogens with zero attached hydrogens (tertiary/aromatic N) is 6. The molecule has 2 atom stereocenters. The molecule has 1 aliphatic carbocycles. The van der Waals surface area contributed by atoms with Crippen molar-refractivity contribution >= 4 is 23.4 Å². The number of aromatic amines is 1. The summed E-state index contributed by atoms with van der Waals surface area (Å²) >= 11 is 0. The number of nitrogen functional groups attached to an aromatic ring is 1. The van der Waals surface area contributed by atoms with E-state index in [2.05, 4.69) is 48.6 Å². The zero-order chi connectivity index (χ0) is 22.5. The molecule has 1 saturated carbocycles. The van der Waals surface area contributed by atoms with Crippen molar-refractivity contribution in [3.8, 4) is 0 Å². The molecule has 4 N–H and O–H groups in total. The summed E-state index contributed by atoms with van der Waals surface area (Å²) in [5.74, 6) is 3.84. The largest absolute Gasteiger partial charge is 0.383 e. The minimum absolute atomic E-state index is 0.311. The summed E-state index contributed by atoms with van der Waals surface area (Å²) in [6, 6.07) is 7.28. The van der Waals surface area contributed by atoms with Gasteiger partial charge in [0.15, 0.2) is 11.6 Å². The van der Waals surface area contributed by atoms with Gasteiger partial charge < -0.3 is 25.4 Å². The summed E-state index contributed by atoms with van der Waals surface area (Å²) in [6.45, 7) is 2.50. The van der Waals surface area contributed by atoms with Crippen LogP contribution in [0, 0.1) is 6.92 Å². The van der Waals surface area contributed by atoms with E-state index in [0.29, 0.717) is 48.2 Å². The maximum atomic E-state index is 6.24. The number of aryl methyl sites for hydroxylation is 1. The Balaban J connectivity index is 1.29. The molecule has 3 aliphatic rings. The Kier molecular flexibility index (Phi) is 4.97. The van der Waals surface area contributed by atoms with Crippen molar-refractivity contribution in [2.24, 2.45) is 0 Å². The van der Waals surface area contributed by atoms with Crippen LogP contribution in [0.5, 0.6) is 0 Å². The fourth-order valence-electron chi connectivity index (χ4n) is 5.44. The number of H-pyrrole nitrogens is 1. The Morgan fingerprint density at radius 3 is 2.61 bits per heavy atom. The van der Waals surface area contributed by atoms with Gasteiger partial charge >= 0.3 is 0 Å². The molecule has 174 valence electrons. The Bertz CT molecular complexity index is 1120. The lowest BCUT2D eigenvalue weighted by atomic mass is 9.96. The first-order valence-corrected chi connectivity index (χ1v) is 11.9. The lowest BCUT2D eigenvalue weighted by Crippen LogP contribution is -2.49. The molecule has 3 fully saturated rings. The summed E-state index contributed by atoms with van der Waals surface area (Å²) in [5.41, 5.74) is 8.28. The Morgan fingerprint density at radius 1 is 1.12 bits per heavy atom. The van der Waals surface area contributed by atoms with E-state index in [1.165, 1.54) is 31.4 Å². The normalized spacial score (nSPS) is 24.8. The summed E-state index contributed by atoms with van der Waals surface area (Å²) < 4.78 is 5.57. The molecule has 0 radical (unpaired) electrons. The number of nitrogens with one attached hydrogen (secondary N) is 2. The van der Waals surface area contributed by atoms with Crippen LogP contribution >= 0.6 is 0 Å². The molecule has 0 amide bonds. The molecule has 0 spiro atoms. The monoisotopic (exact) mass is 449 g/mol. The van der Waals surface area contributed by atoms with Gasteiger partial charge in [0.1, 0.15) is 11.6 Å². The number of hydrogen-bond donors (Lipinski definition) is 3. The van der Waals surface area contributed by atoms with Crippen LogP contribution in [0.1, 0.15) is 61.6 Å². The van der Waals surface area contributed by atoms with E-state index in [4.69, 9.17) is 15.2 Å². The highest BCUT2D eigenvalue weighted by molar-refractivity contribution is 5.58. The van der Waals surface area contributed by atoms with Crippen molar-refractivity contribution in [3.63, 3.8) is 0 Å². The average Bonchev–Trinajstić information content (AvgIpc) is 3.35. The number of nitrogens with two attached hydrogens (primary N) is 1. The quantitative estimate of drug-likeness (QED) is 0.498. The minimum Gasteiger partial charge on any atom is -0.383 e. The third-order valence-corrected chi connectivity index (χ3v) is 7.38. The first-order valence-electron chi connectivity index (χ1n) is 11.9. The second kappa shape index (κ2) is 8.02. The van der Waals surface area contributed by atoms with E-state index in [1.807, 2.05) is 13.0 Å². The van der Waals surface area contributed by atoms with Crippen LogP contribution in [0.15, 0.2) is 22.7 Å².